The van der Waals surface area contributed by atoms with E-state index < -0.39 is 69.2 Å². The molecule has 0 aliphatic carbocycles. The molecule has 7 rings (SSSR count). The molecule has 6 aromatic carbocycles. The third-order valence-corrected chi connectivity index (χ3v) is 12.8. The third kappa shape index (κ3) is 14.6. The number of aliphatic hydroxyl groups excluding tert-OH is 1. The molecule has 0 bridgehead atoms. The van der Waals surface area contributed by atoms with Crippen LogP contribution in [0, 0.1) is 20.2 Å². The van der Waals surface area contributed by atoms with Crippen LogP contribution in [0.4, 0.5) is 45.8 Å². The average molecular weight is 1110 g/mol. The predicted molar refractivity (Wildman–Crippen MR) is 264 cm³/mol. The Bertz CT molecular complexity index is 3610. The molecule has 7 aromatic rings. The number of para-hydroxylation sites is 1. The Hall–Kier alpha value is -8.52. The van der Waals surface area contributed by atoms with Gasteiger partial charge in [0.2, 0.25) is 11.2 Å². The van der Waals surface area contributed by atoms with Crippen LogP contribution in [0.15, 0.2) is 157 Å². The number of sulfone groups is 1. The van der Waals surface area contributed by atoms with E-state index in [0.717, 1.165) is 30.7 Å². The number of carbonyl (C=O) groups is 1. The van der Waals surface area contributed by atoms with Crippen LogP contribution < -0.4 is 10.6 Å². The molecule has 382 valence electrons. The summed E-state index contributed by atoms with van der Waals surface area (Å²) in [5, 5.41) is 83.9. The largest absolute Gasteiger partial charge is 0.510 e. The first-order valence-corrected chi connectivity index (χ1v) is 24.3. The summed E-state index contributed by atoms with van der Waals surface area (Å²) in [7, 11) is -8.35. The first-order valence-electron chi connectivity index (χ1n) is 20.8. The third-order valence-electron chi connectivity index (χ3n) is 9.81. The van der Waals surface area contributed by atoms with Crippen molar-refractivity contribution in [1.29, 1.82) is 0 Å². The minimum atomic E-state index is -5.02. The van der Waals surface area contributed by atoms with Crippen LogP contribution in [0.1, 0.15) is 31.7 Å². The van der Waals surface area contributed by atoms with Crippen LogP contribution in [-0.4, -0.2) is 78.3 Å². The molecule has 1 amide bonds. The van der Waals surface area contributed by atoms with Crippen LogP contribution in [0.5, 0.6) is 17.2 Å². The van der Waals surface area contributed by atoms with E-state index in [2.05, 4.69) is 46.0 Å². The summed E-state index contributed by atoms with van der Waals surface area (Å²) in [5.74, 6) is -2.52. The number of nitro groups is 2. The van der Waals surface area contributed by atoms with Gasteiger partial charge in [-0.05, 0) is 84.4 Å². The van der Waals surface area contributed by atoms with Crippen molar-refractivity contribution in [3.05, 3.63) is 164 Å². The maximum Gasteiger partial charge on any atom is 0.298 e. The van der Waals surface area contributed by atoms with Crippen molar-refractivity contribution >= 4 is 94.0 Å². The Labute approximate surface area is 434 Å². The van der Waals surface area contributed by atoms with E-state index in [1.165, 1.54) is 6.07 Å². The number of phenols is 3. The number of azo groups is 2. The van der Waals surface area contributed by atoms with Gasteiger partial charge in [0.15, 0.2) is 27.0 Å². The molecule has 1 heterocycles. The van der Waals surface area contributed by atoms with E-state index in [-0.39, 0.29) is 74.2 Å². The van der Waals surface area contributed by atoms with Gasteiger partial charge >= 0.3 is 0 Å². The number of anilines is 3. The zero-order valence-corrected chi connectivity index (χ0v) is 41.8. The molecule has 7 N–H and O–H groups in total. The first-order chi connectivity index (χ1) is 34.5. The minimum absolute atomic E-state index is 0. The van der Waals surface area contributed by atoms with Crippen molar-refractivity contribution in [1.82, 2.24) is 15.0 Å². The molecule has 0 radical (unpaired) electrons. The number of aromatic nitrogens is 3. The smallest absolute Gasteiger partial charge is 0.298 e. The van der Waals surface area contributed by atoms with Gasteiger partial charge in [-0.15, -0.1) is 20.5 Å². The Morgan fingerprint density at radius 3 is 2.03 bits per heavy atom. The standard InChI is InChI=1S/C29H24ClN7O6S.C16H14N4O8S.Cr/c1-2-13-44(42,43)21-9-3-17(4-10-21)14-26-32-28(30)34-29(33-26)31-19-7-5-18-6-11-23(27(39)22(18)15-19)35-36-24-16-20(37(40)41)8-12-25(24)38;1-9(21)14(16(23)17-10-5-3-2-4-6-10)19-18-12-7-11(20(24)25)8-13(15(12)22)29(26,27)28;/h3-12,15-16,38-39H,2,13-14H2,1H3,(H,31,32,33,34);2-8,21-22H,1H3,(H,17,23)(H,26,27,28);/b;14-9-,19-18?;. The summed E-state index contributed by atoms with van der Waals surface area (Å²) >= 11 is 6.17. The van der Waals surface area contributed by atoms with Gasteiger partial charge in [-0.2, -0.15) is 18.4 Å². The van der Waals surface area contributed by atoms with Crippen LogP contribution in [0.25, 0.3) is 10.8 Å². The van der Waals surface area contributed by atoms with Gasteiger partial charge < -0.3 is 31.1 Å². The Balaban J connectivity index is 0.000000295. The van der Waals surface area contributed by atoms with Crippen LogP contribution in [-0.2, 0) is 48.5 Å². The van der Waals surface area contributed by atoms with Crippen LogP contribution >= 0.6 is 11.6 Å². The van der Waals surface area contributed by atoms with Crippen LogP contribution in [0.3, 0.4) is 0 Å². The van der Waals surface area contributed by atoms with E-state index in [1.807, 2.05) is 6.92 Å². The second-order valence-electron chi connectivity index (χ2n) is 15.1. The molecule has 0 aliphatic heterocycles. The fourth-order valence-electron chi connectivity index (χ4n) is 6.36. The Morgan fingerprint density at radius 2 is 1.39 bits per heavy atom. The van der Waals surface area contributed by atoms with Crippen LogP contribution in [0.2, 0.25) is 5.28 Å². The van der Waals surface area contributed by atoms with E-state index in [9.17, 15) is 62.3 Å². The maximum atomic E-state index is 12.3. The SMILES string of the molecule is C/C(O)=C(/N=Nc1cc([N+](=O)[O-])cc(S(=O)(=O)O)c1O)C(=O)Nc1ccccc1.CCCS(=O)(=O)c1ccc(Cc2nc(Cl)nc(Nc3ccc4ccc(N=Nc5cc([N+](=O)[O-])ccc5O)c(O)c4c3)n2)cc1.[Cr]. The molecule has 25 nitrogen and oxygen atoms in total. The number of benzene rings is 6. The zero-order valence-electron chi connectivity index (χ0n) is 38.1. The van der Waals surface area contributed by atoms with Gasteiger partial charge in [0.05, 0.1) is 20.5 Å². The first kappa shape index (κ1) is 56.4. The second kappa shape index (κ2) is 24.3. The topological polar surface area (TPSA) is 385 Å². The maximum absolute atomic E-state index is 12.3. The number of rotatable bonds is 16. The molecule has 74 heavy (non-hydrogen) atoms. The number of hydrogen-bond donors (Lipinski definition) is 7. The summed E-state index contributed by atoms with van der Waals surface area (Å²) in [6, 6.07) is 27.5. The van der Waals surface area contributed by atoms with E-state index in [0.29, 0.717) is 46.5 Å². The van der Waals surface area contributed by atoms with Crippen molar-refractivity contribution < 1.29 is 73.8 Å². The number of halogens is 1. The monoisotopic (exact) mass is 1110 g/mol. The number of hydrogen-bond acceptors (Lipinski definition) is 21. The number of fused-ring (bicyclic) bond motifs is 1. The van der Waals surface area contributed by atoms with E-state index in [1.54, 1.807) is 78.9 Å². The molecule has 0 saturated heterocycles. The van der Waals surface area contributed by atoms with Crippen molar-refractivity contribution in [3.8, 4) is 17.2 Å². The van der Waals surface area contributed by atoms with Crippen molar-refractivity contribution in [2.24, 2.45) is 20.5 Å². The molecule has 29 heteroatoms. The Kier molecular flexibility index (Phi) is 18.5. The number of aliphatic hydroxyl groups is 1. The number of nitrogens with zero attached hydrogens (tertiary/aromatic N) is 9. The van der Waals surface area contributed by atoms with E-state index in [4.69, 9.17) is 16.2 Å². The number of non-ortho nitro benzene ring substituents is 2. The Morgan fingerprint density at radius 1 is 0.743 bits per heavy atom. The number of amides is 1. The zero-order chi connectivity index (χ0) is 53.2. The second-order valence-corrected chi connectivity index (χ2v) is 18.9. The molecular formula is C45H38ClCrN11O14S2. The number of carbonyl (C=O) groups excluding carboxylic acids is 1. The summed E-state index contributed by atoms with van der Waals surface area (Å²) in [5.41, 5.74) is -0.809. The number of aromatic hydroxyl groups is 3. The fourth-order valence-corrected chi connectivity index (χ4v) is 8.48. The number of nitrogens with one attached hydrogen (secondary N) is 2. The molecular weight excluding hydrogens is 1070 g/mol. The molecule has 0 fully saturated rings. The summed E-state index contributed by atoms with van der Waals surface area (Å²) in [4.78, 5) is 44.5. The van der Waals surface area contributed by atoms with Gasteiger partial charge in [0.25, 0.3) is 27.4 Å². The summed E-state index contributed by atoms with van der Waals surface area (Å²) in [6.45, 7) is 2.93. The molecule has 0 aliphatic rings. The predicted octanol–water partition coefficient (Wildman–Crippen LogP) is 9.99. The average Bonchev–Trinajstić information content (AvgIpc) is 3.32. The molecule has 0 atom stereocenters. The quantitative estimate of drug-likeness (QED) is 0.0118. The van der Waals surface area contributed by atoms with Gasteiger partial charge in [-0.3, -0.25) is 29.6 Å². The normalized spacial score (nSPS) is 11.8. The van der Waals surface area contributed by atoms with E-state index >= 15 is 0 Å². The number of allylic oxidation sites excluding steroid dienone is 1. The van der Waals surface area contributed by atoms with Gasteiger partial charge in [0, 0.05) is 64.8 Å². The molecule has 0 unspecified atom stereocenters. The molecule has 1 aromatic heterocycles. The number of phenolic OH excluding ortho intramolecular Hbond substituents is 3. The van der Waals surface area contributed by atoms with Crippen molar-refractivity contribution in [2.45, 2.75) is 36.5 Å². The van der Waals surface area contributed by atoms with Crippen molar-refractivity contribution in [2.75, 3.05) is 16.4 Å². The van der Waals surface area contributed by atoms with Gasteiger partial charge in [0.1, 0.15) is 39.3 Å². The molecule has 0 saturated carbocycles. The number of nitro benzene ring substituents is 2. The van der Waals surface area contributed by atoms with Gasteiger partial charge in [-0.25, -0.2) is 13.4 Å². The minimum Gasteiger partial charge on any atom is -0.510 e. The molecule has 0 spiro atoms. The van der Waals surface area contributed by atoms with Crippen molar-refractivity contribution in [3.63, 3.8) is 0 Å². The summed E-state index contributed by atoms with van der Waals surface area (Å²) in [6.07, 6.45) is 0.804. The van der Waals surface area contributed by atoms with Gasteiger partial charge in [-0.1, -0.05) is 49.4 Å². The summed E-state index contributed by atoms with van der Waals surface area (Å²) < 4.78 is 56.4. The fraction of sp³-hybridized carbons (Fsp3) is 0.111.